The topological polar surface area (TPSA) is 71.2 Å². The molecule has 0 bridgehead atoms. The van der Waals surface area contributed by atoms with E-state index in [2.05, 4.69) is 21.3 Å². The predicted octanol–water partition coefficient (Wildman–Crippen LogP) is 0.816. The molecule has 2 unspecified atom stereocenters. The maximum absolute atomic E-state index is 11.8. The van der Waals surface area contributed by atoms with E-state index in [9.17, 15) is 4.79 Å². The van der Waals surface area contributed by atoms with Crippen molar-refractivity contribution in [2.45, 2.75) is 31.8 Å². The Balaban J connectivity index is 1.83. The van der Waals surface area contributed by atoms with Crippen molar-refractivity contribution in [3.8, 4) is 0 Å². The maximum atomic E-state index is 11.8. The second-order valence-electron chi connectivity index (χ2n) is 5.48. The van der Waals surface area contributed by atoms with Gasteiger partial charge in [0.2, 0.25) is 5.91 Å². The first kappa shape index (κ1) is 12.4. The van der Waals surface area contributed by atoms with Crippen molar-refractivity contribution in [3.05, 3.63) is 24.0 Å². The second kappa shape index (κ2) is 4.81. The Morgan fingerprint density at radius 2 is 2.37 bits per heavy atom. The monoisotopic (exact) mass is 260 g/mol. The Kier molecular flexibility index (Phi) is 3.14. The van der Waals surface area contributed by atoms with E-state index >= 15 is 0 Å². The van der Waals surface area contributed by atoms with Crippen LogP contribution in [0.3, 0.4) is 0 Å². The van der Waals surface area contributed by atoms with Gasteiger partial charge in [-0.05, 0) is 31.9 Å². The van der Waals surface area contributed by atoms with Crippen LogP contribution >= 0.6 is 0 Å². The van der Waals surface area contributed by atoms with Gasteiger partial charge in [-0.1, -0.05) is 0 Å². The molecule has 3 atom stereocenters. The number of hydrogen-bond acceptors (Lipinski definition) is 4. The summed E-state index contributed by atoms with van der Waals surface area (Å²) < 4.78 is 0. The van der Waals surface area contributed by atoms with Crippen LogP contribution < -0.4 is 16.0 Å². The van der Waals surface area contributed by atoms with Crippen molar-refractivity contribution < 1.29 is 4.79 Å². The number of aromatic nitrogens is 1. The molecule has 2 fully saturated rings. The first-order valence-electron chi connectivity index (χ1n) is 6.92. The number of hydrogen-bond donors (Lipinski definition) is 2. The number of carbonyl (C=O) groups is 1. The van der Waals surface area contributed by atoms with E-state index in [-0.39, 0.29) is 23.9 Å². The summed E-state index contributed by atoms with van der Waals surface area (Å²) in [5, 5.41) is 2.97. The number of piperidine rings is 1. The molecule has 0 aromatic carbocycles. The zero-order valence-corrected chi connectivity index (χ0v) is 11.2. The minimum absolute atomic E-state index is 0.0436. The lowest BCUT2D eigenvalue weighted by Crippen LogP contribution is -2.45. The molecule has 0 radical (unpaired) electrons. The lowest BCUT2D eigenvalue weighted by atomic mass is 9.91. The maximum Gasteiger partial charge on any atom is 0.225 e. The molecule has 3 rings (SSSR count). The highest BCUT2D eigenvalue weighted by atomic mass is 16.2. The van der Waals surface area contributed by atoms with E-state index in [1.54, 1.807) is 0 Å². The summed E-state index contributed by atoms with van der Waals surface area (Å²) in [4.78, 5) is 18.5. The normalized spacial score (nSPS) is 27.9. The molecule has 1 aromatic rings. The quantitative estimate of drug-likeness (QED) is 0.825. The summed E-state index contributed by atoms with van der Waals surface area (Å²) in [5.41, 5.74) is 7.81. The van der Waals surface area contributed by atoms with Gasteiger partial charge in [-0.2, -0.15) is 0 Å². The van der Waals surface area contributed by atoms with Crippen LogP contribution in [0, 0.1) is 5.92 Å². The van der Waals surface area contributed by atoms with Gasteiger partial charge in [0.15, 0.2) is 0 Å². The van der Waals surface area contributed by atoms with Crippen LogP contribution in [0.2, 0.25) is 0 Å². The molecule has 2 aliphatic rings. The largest absolute Gasteiger partial charge is 0.365 e. The zero-order valence-electron chi connectivity index (χ0n) is 11.2. The summed E-state index contributed by atoms with van der Waals surface area (Å²) in [6.45, 7) is 3.67. The van der Waals surface area contributed by atoms with E-state index in [1.165, 1.54) is 0 Å². The second-order valence-corrected chi connectivity index (χ2v) is 5.48. The number of nitrogens with two attached hydrogens (primary N) is 1. The Morgan fingerprint density at radius 1 is 1.53 bits per heavy atom. The van der Waals surface area contributed by atoms with Crippen LogP contribution in [-0.2, 0) is 4.79 Å². The number of carbonyl (C=O) groups excluding carboxylic acids is 1. The molecular weight excluding hydrogens is 240 g/mol. The van der Waals surface area contributed by atoms with Crippen molar-refractivity contribution in [1.29, 1.82) is 0 Å². The number of nitrogens with zero attached hydrogens (tertiary/aromatic N) is 2. The number of pyridine rings is 1. The average molecular weight is 260 g/mol. The first-order chi connectivity index (χ1) is 9.16. The van der Waals surface area contributed by atoms with E-state index < -0.39 is 0 Å². The SMILES string of the molecule is C[C@@H](N)c1ccc(N2CCCC3C(=O)NCC32)cn1. The predicted molar refractivity (Wildman–Crippen MR) is 73.7 cm³/mol. The first-order valence-corrected chi connectivity index (χ1v) is 6.92. The van der Waals surface area contributed by atoms with E-state index in [0.29, 0.717) is 0 Å². The molecule has 0 aliphatic carbocycles. The van der Waals surface area contributed by atoms with Crippen LogP contribution in [0.4, 0.5) is 5.69 Å². The van der Waals surface area contributed by atoms with E-state index in [1.807, 2.05) is 19.2 Å². The smallest absolute Gasteiger partial charge is 0.225 e. The van der Waals surface area contributed by atoms with Crippen molar-refractivity contribution in [2.75, 3.05) is 18.0 Å². The average Bonchev–Trinajstić information content (AvgIpc) is 2.81. The minimum atomic E-state index is -0.0436. The third kappa shape index (κ3) is 2.18. The van der Waals surface area contributed by atoms with E-state index in [0.717, 1.165) is 37.3 Å². The van der Waals surface area contributed by atoms with Crippen LogP contribution in [0.15, 0.2) is 18.3 Å². The molecule has 1 aromatic heterocycles. The molecule has 2 saturated heterocycles. The number of amides is 1. The Morgan fingerprint density at radius 3 is 3.05 bits per heavy atom. The standard InChI is InChI=1S/C14H20N4O/c1-9(15)12-5-4-10(7-16-12)18-6-2-3-11-13(18)8-17-14(11)19/h4-5,7,9,11,13H,2-3,6,8,15H2,1H3,(H,17,19)/t9-,11?,13?/m1/s1. The highest BCUT2D eigenvalue weighted by molar-refractivity contribution is 5.83. The molecule has 5 nitrogen and oxygen atoms in total. The van der Waals surface area contributed by atoms with Gasteiger partial charge in [0.05, 0.1) is 29.5 Å². The molecule has 2 aliphatic heterocycles. The van der Waals surface area contributed by atoms with E-state index in [4.69, 9.17) is 5.73 Å². The van der Waals surface area contributed by atoms with Gasteiger partial charge in [0.25, 0.3) is 0 Å². The molecule has 102 valence electrons. The van der Waals surface area contributed by atoms with Crippen LogP contribution in [0.25, 0.3) is 0 Å². The fraction of sp³-hybridized carbons (Fsp3) is 0.571. The molecule has 3 heterocycles. The Hall–Kier alpha value is -1.62. The molecule has 0 spiro atoms. The lowest BCUT2D eigenvalue weighted by molar-refractivity contribution is -0.122. The summed E-state index contributed by atoms with van der Waals surface area (Å²) in [7, 11) is 0. The summed E-state index contributed by atoms with van der Waals surface area (Å²) in [6.07, 6.45) is 3.94. The molecule has 3 N–H and O–H groups in total. The van der Waals surface area contributed by atoms with Crippen molar-refractivity contribution in [1.82, 2.24) is 10.3 Å². The van der Waals surface area contributed by atoms with Gasteiger partial charge in [0.1, 0.15) is 0 Å². The molecular formula is C14H20N4O. The summed E-state index contributed by atoms with van der Waals surface area (Å²) >= 11 is 0. The third-order valence-corrected chi connectivity index (χ3v) is 4.17. The van der Waals surface area contributed by atoms with Crippen molar-refractivity contribution in [3.63, 3.8) is 0 Å². The van der Waals surface area contributed by atoms with Crippen molar-refractivity contribution >= 4 is 11.6 Å². The highest BCUT2D eigenvalue weighted by Crippen LogP contribution is 2.31. The third-order valence-electron chi connectivity index (χ3n) is 4.17. The lowest BCUT2D eigenvalue weighted by Gasteiger charge is -2.37. The molecule has 5 heteroatoms. The number of nitrogens with one attached hydrogen (secondary N) is 1. The van der Waals surface area contributed by atoms with Crippen LogP contribution in [0.1, 0.15) is 31.5 Å². The fourth-order valence-corrected chi connectivity index (χ4v) is 3.11. The Labute approximate surface area is 113 Å². The highest BCUT2D eigenvalue weighted by Gasteiger charge is 2.40. The summed E-state index contributed by atoms with van der Waals surface area (Å²) in [6, 6.07) is 4.28. The fourth-order valence-electron chi connectivity index (χ4n) is 3.11. The number of fused-ring (bicyclic) bond motifs is 1. The number of anilines is 1. The molecule has 0 saturated carbocycles. The number of rotatable bonds is 2. The molecule has 19 heavy (non-hydrogen) atoms. The zero-order chi connectivity index (χ0) is 13.4. The van der Waals surface area contributed by atoms with Gasteiger partial charge in [0, 0.05) is 19.1 Å². The van der Waals surface area contributed by atoms with Gasteiger partial charge >= 0.3 is 0 Å². The molecule has 1 amide bonds. The summed E-state index contributed by atoms with van der Waals surface area (Å²) in [5.74, 6) is 0.344. The van der Waals surface area contributed by atoms with Crippen LogP contribution in [0.5, 0.6) is 0 Å². The van der Waals surface area contributed by atoms with Gasteiger partial charge < -0.3 is 16.0 Å². The van der Waals surface area contributed by atoms with Gasteiger partial charge in [-0.3, -0.25) is 9.78 Å². The van der Waals surface area contributed by atoms with Gasteiger partial charge in [-0.15, -0.1) is 0 Å². The van der Waals surface area contributed by atoms with Gasteiger partial charge in [-0.25, -0.2) is 0 Å². The van der Waals surface area contributed by atoms with Crippen LogP contribution in [-0.4, -0.2) is 30.0 Å². The Bertz CT molecular complexity index is 471. The minimum Gasteiger partial charge on any atom is -0.365 e. The van der Waals surface area contributed by atoms with Crippen molar-refractivity contribution in [2.24, 2.45) is 11.7 Å².